The number of hydrogen-bond donors (Lipinski definition) is 1. The number of aromatic nitrogens is 2. The molecule has 19 heavy (non-hydrogen) atoms. The van der Waals surface area contributed by atoms with E-state index in [9.17, 15) is 4.79 Å². The molecule has 1 aromatic rings. The lowest BCUT2D eigenvalue weighted by molar-refractivity contribution is -0.0708. The monoisotopic (exact) mass is 265 g/mol. The van der Waals surface area contributed by atoms with Gasteiger partial charge in [0.1, 0.15) is 5.82 Å². The first-order valence-corrected chi connectivity index (χ1v) is 6.92. The van der Waals surface area contributed by atoms with Crippen molar-refractivity contribution < 1.29 is 4.74 Å². The van der Waals surface area contributed by atoms with Crippen LogP contribution in [-0.4, -0.2) is 40.2 Å². The molecule has 2 atom stereocenters. The van der Waals surface area contributed by atoms with Gasteiger partial charge in [0.15, 0.2) is 0 Å². The highest BCUT2D eigenvalue weighted by Gasteiger charge is 2.22. The lowest BCUT2D eigenvalue weighted by Gasteiger charge is -2.35. The lowest BCUT2D eigenvalue weighted by Crippen LogP contribution is -2.45. The van der Waals surface area contributed by atoms with E-state index >= 15 is 0 Å². The third-order valence-corrected chi connectivity index (χ3v) is 3.24. The summed E-state index contributed by atoms with van der Waals surface area (Å²) in [6.45, 7) is 10.7. The van der Waals surface area contributed by atoms with Crippen LogP contribution in [0.2, 0.25) is 0 Å². The minimum atomic E-state index is -0.0666. The van der Waals surface area contributed by atoms with Gasteiger partial charge in [-0.05, 0) is 13.8 Å². The summed E-state index contributed by atoms with van der Waals surface area (Å²) in [7, 11) is 0. The van der Waals surface area contributed by atoms with Gasteiger partial charge >= 0.3 is 0 Å². The SMILES string of the molecule is CC(C)c1nc(CN2C[C@@H](C)O[C@@H](C)C2)cc(=O)[nH]1. The third kappa shape index (κ3) is 3.88. The summed E-state index contributed by atoms with van der Waals surface area (Å²) in [6, 6.07) is 1.59. The Bertz CT molecular complexity index is 474. The van der Waals surface area contributed by atoms with Crippen molar-refractivity contribution >= 4 is 0 Å². The molecule has 0 aliphatic carbocycles. The van der Waals surface area contributed by atoms with Crippen molar-refractivity contribution in [3.8, 4) is 0 Å². The average molecular weight is 265 g/mol. The van der Waals surface area contributed by atoms with E-state index < -0.39 is 0 Å². The molecule has 106 valence electrons. The average Bonchev–Trinajstić information content (AvgIpc) is 2.26. The van der Waals surface area contributed by atoms with Crippen LogP contribution in [0.3, 0.4) is 0 Å². The molecule has 0 radical (unpaired) electrons. The van der Waals surface area contributed by atoms with Crippen LogP contribution in [-0.2, 0) is 11.3 Å². The summed E-state index contributed by atoms with van der Waals surface area (Å²) < 4.78 is 5.71. The van der Waals surface area contributed by atoms with Gasteiger partial charge in [0.05, 0.1) is 17.9 Å². The summed E-state index contributed by atoms with van der Waals surface area (Å²) in [5.74, 6) is 0.993. The standard InChI is InChI=1S/C14H23N3O2/c1-9(2)14-15-12(5-13(18)16-14)8-17-6-10(3)19-11(4)7-17/h5,9-11H,6-8H2,1-4H3,(H,15,16,18)/t10-,11+. The summed E-state index contributed by atoms with van der Waals surface area (Å²) >= 11 is 0. The van der Waals surface area contributed by atoms with Gasteiger partial charge < -0.3 is 9.72 Å². The van der Waals surface area contributed by atoms with Crippen LogP contribution in [0.4, 0.5) is 0 Å². The first kappa shape index (κ1) is 14.2. The molecule has 0 bridgehead atoms. The van der Waals surface area contributed by atoms with Gasteiger partial charge in [-0.25, -0.2) is 4.98 Å². The van der Waals surface area contributed by atoms with Crippen molar-refractivity contribution in [2.24, 2.45) is 0 Å². The first-order chi connectivity index (χ1) is 8.94. The summed E-state index contributed by atoms with van der Waals surface area (Å²) in [6.07, 6.45) is 0.464. The Morgan fingerprint density at radius 2 is 2.05 bits per heavy atom. The molecule has 0 amide bonds. The van der Waals surface area contributed by atoms with Crippen molar-refractivity contribution in [3.63, 3.8) is 0 Å². The zero-order chi connectivity index (χ0) is 14.0. The zero-order valence-corrected chi connectivity index (χ0v) is 12.1. The van der Waals surface area contributed by atoms with E-state index in [0.717, 1.165) is 24.6 Å². The van der Waals surface area contributed by atoms with Gasteiger partial charge in [-0.15, -0.1) is 0 Å². The quantitative estimate of drug-likeness (QED) is 0.900. The second-order valence-corrected chi connectivity index (χ2v) is 5.73. The zero-order valence-electron chi connectivity index (χ0n) is 12.1. The minimum absolute atomic E-state index is 0.0666. The van der Waals surface area contributed by atoms with Crippen molar-refractivity contribution in [1.29, 1.82) is 0 Å². The largest absolute Gasteiger partial charge is 0.373 e. The molecular weight excluding hydrogens is 242 g/mol. The molecule has 5 nitrogen and oxygen atoms in total. The fourth-order valence-corrected chi connectivity index (χ4v) is 2.53. The molecular formula is C14H23N3O2. The molecule has 1 saturated heterocycles. The number of ether oxygens (including phenoxy) is 1. The maximum absolute atomic E-state index is 11.6. The van der Waals surface area contributed by atoms with E-state index in [1.165, 1.54) is 0 Å². The van der Waals surface area contributed by atoms with Gasteiger partial charge in [-0.1, -0.05) is 13.8 Å². The van der Waals surface area contributed by atoms with Crippen LogP contribution in [0.15, 0.2) is 10.9 Å². The Kier molecular flexibility index (Phi) is 4.37. The Labute approximate surface area is 114 Å². The van der Waals surface area contributed by atoms with Gasteiger partial charge in [0.2, 0.25) is 0 Å². The molecule has 1 aromatic heterocycles. The Morgan fingerprint density at radius 3 is 2.63 bits per heavy atom. The van der Waals surface area contributed by atoms with E-state index in [1.54, 1.807) is 6.07 Å². The normalized spacial score (nSPS) is 24.9. The molecule has 1 aliphatic rings. The highest BCUT2D eigenvalue weighted by molar-refractivity contribution is 5.05. The van der Waals surface area contributed by atoms with E-state index in [4.69, 9.17) is 4.74 Å². The molecule has 0 unspecified atom stereocenters. The molecule has 1 fully saturated rings. The van der Waals surface area contributed by atoms with Crippen molar-refractivity contribution in [3.05, 3.63) is 27.9 Å². The number of rotatable bonds is 3. The van der Waals surface area contributed by atoms with E-state index in [1.807, 2.05) is 13.8 Å². The van der Waals surface area contributed by atoms with Crippen LogP contribution >= 0.6 is 0 Å². The van der Waals surface area contributed by atoms with Crippen LogP contribution in [0.25, 0.3) is 0 Å². The summed E-state index contributed by atoms with van der Waals surface area (Å²) in [5, 5.41) is 0. The molecule has 1 aliphatic heterocycles. The minimum Gasteiger partial charge on any atom is -0.373 e. The van der Waals surface area contributed by atoms with Crippen molar-refractivity contribution in [1.82, 2.24) is 14.9 Å². The fraction of sp³-hybridized carbons (Fsp3) is 0.714. The number of H-pyrrole nitrogens is 1. The van der Waals surface area contributed by atoms with Crippen LogP contribution < -0.4 is 5.56 Å². The highest BCUT2D eigenvalue weighted by Crippen LogP contribution is 2.13. The Balaban J connectivity index is 2.12. The topological polar surface area (TPSA) is 58.2 Å². The van der Waals surface area contributed by atoms with Gasteiger partial charge in [0.25, 0.3) is 5.56 Å². The summed E-state index contributed by atoms with van der Waals surface area (Å²) in [5.41, 5.74) is 0.775. The maximum atomic E-state index is 11.6. The van der Waals surface area contributed by atoms with Crippen molar-refractivity contribution in [2.75, 3.05) is 13.1 Å². The maximum Gasteiger partial charge on any atom is 0.251 e. The second-order valence-electron chi connectivity index (χ2n) is 5.73. The fourth-order valence-electron chi connectivity index (χ4n) is 2.53. The number of nitrogens with zero attached hydrogens (tertiary/aromatic N) is 2. The number of morpholine rings is 1. The Morgan fingerprint density at radius 1 is 1.42 bits per heavy atom. The Hall–Kier alpha value is -1.20. The molecule has 2 heterocycles. The number of aromatic amines is 1. The molecule has 5 heteroatoms. The second kappa shape index (κ2) is 5.84. The van der Waals surface area contributed by atoms with Gasteiger partial charge in [-0.2, -0.15) is 0 Å². The predicted molar refractivity (Wildman–Crippen MR) is 74.2 cm³/mol. The van der Waals surface area contributed by atoms with E-state index in [0.29, 0.717) is 6.54 Å². The smallest absolute Gasteiger partial charge is 0.251 e. The van der Waals surface area contributed by atoms with E-state index in [2.05, 4.69) is 28.7 Å². The predicted octanol–water partition coefficient (Wildman–Crippen LogP) is 1.50. The lowest BCUT2D eigenvalue weighted by atomic mass is 10.2. The third-order valence-electron chi connectivity index (χ3n) is 3.24. The first-order valence-electron chi connectivity index (χ1n) is 6.92. The molecule has 0 aromatic carbocycles. The van der Waals surface area contributed by atoms with Crippen LogP contribution in [0, 0.1) is 0 Å². The molecule has 2 rings (SSSR count). The van der Waals surface area contributed by atoms with Crippen molar-refractivity contribution in [2.45, 2.75) is 52.4 Å². The van der Waals surface area contributed by atoms with Gasteiger partial charge in [-0.3, -0.25) is 9.69 Å². The number of nitrogens with one attached hydrogen (secondary N) is 1. The summed E-state index contributed by atoms with van der Waals surface area (Å²) in [4.78, 5) is 21.3. The van der Waals surface area contributed by atoms with E-state index in [-0.39, 0.29) is 23.7 Å². The molecule has 0 saturated carbocycles. The number of hydrogen-bond acceptors (Lipinski definition) is 4. The molecule has 0 spiro atoms. The highest BCUT2D eigenvalue weighted by atomic mass is 16.5. The van der Waals surface area contributed by atoms with Crippen LogP contribution in [0.1, 0.15) is 45.1 Å². The molecule has 1 N–H and O–H groups in total. The van der Waals surface area contributed by atoms with Gasteiger partial charge in [0, 0.05) is 31.6 Å². The van der Waals surface area contributed by atoms with Crippen LogP contribution in [0.5, 0.6) is 0 Å².